The van der Waals surface area contributed by atoms with Crippen LogP contribution < -0.4 is 5.32 Å². The van der Waals surface area contributed by atoms with Crippen molar-refractivity contribution in [1.29, 1.82) is 0 Å². The van der Waals surface area contributed by atoms with Crippen LogP contribution in [0.3, 0.4) is 0 Å². The SMILES string of the molecule is Cc1sc(NC(=O)c2ccnc(Br)c2)c(C(=O)O)c1C. The first kappa shape index (κ1) is 14.7. The molecular formula is C13H11BrN2O3S. The highest BCUT2D eigenvalue weighted by Crippen LogP contribution is 2.32. The topological polar surface area (TPSA) is 79.3 Å². The van der Waals surface area contributed by atoms with E-state index in [1.807, 2.05) is 6.92 Å². The van der Waals surface area contributed by atoms with Crippen molar-refractivity contribution in [1.82, 2.24) is 4.98 Å². The minimum atomic E-state index is -1.04. The van der Waals surface area contributed by atoms with Gasteiger partial charge in [-0.2, -0.15) is 0 Å². The number of aromatic nitrogens is 1. The average molecular weight is 355 g/mol. The van der Waals surface area contributed by atoms with Crippen molar-refractivity contribution in [2.24, 2.45) is 0 Å². The number of carboxylic acids is 1. The van der Waals surface area contributed by atoms with Crippen LogP contribution in [0.5, 0.6) is 0 Å². The predicted molar refractivity (Wildman–Crippen MR) is 80.6 cm³/mol. The van der Waals surface area contributed by atoms with Crippen LogP contribution in [0, 0.1) is 13.8 Å². The number of nitrogens with one attached hydrogen (secondary N) is 1. The first-order valence-corrected chi connectivity index (χ1v) is 7.27. The number of nitrogens with zero attached hydrogens (tertiary/aromatic N) is 1. The second-order valence-electron chi connectivity index (χ2n) is 4.11. The van der Waals surface area contributed by atoms with Crippen LogP contribution in [-0.4, -0.2) is 22.0 Å². The summed E-state index contributed by atoms with van der Waals surface area (Å²) >= 11 is 4.44. The molecule has 0 aliphatic heterocycles. The zero-order chi connectivity index (χ0) is 14.9. The number of carboxylic acid groups (broad SMARTS) is 1. The van der Waals surface area contributed by atoms with Gasteiger partial charge in [0.05, 0.1) is 5.56 Å². The molecule has 0 radical (unpaired) electrons. The third-order valence-electron chi connectivity index (χ3n) is 2.81. The summed E-state index contributed by atoms with van der Waals surface area (Å²) in [5.41, 5.74) is 1.23. The summed E-state index contributed by atoms with van der Waals surface area (Å²) in [6, 6.07) is 3.14. The zero-order valence-electron chi connectivity index (χ0n) is 10.7. The van der Waals surface area contributed by atoms with Gasteiger partial charge in [-0.05, 0) is 47.5 Å². The van der Waals surface area contributed by atoms with Gasteiger partial charge in [0.1, 0.15) is 9.60 Å². The number of thiophene rings is 1. The molecule has 0 aliphatic rings. The van der Waals surface area contributed by atoms with Gasteiger partial charge in [-0.15, -0.1) is 11.3 Å². The van der Waals surface area contributed by atoms with E-state index < -0.39 is 5.97 Å². The van der Waals surface area contributed by atoms with E-state index in [0.29, 0.717) is 20.7 Å². The third-order valence-corrected chi connectivity index (χ3v) is 4.37. The van der Waals surface area contributed by atoms with Gasteiger partial charge in [0.2, 0.25) is 0 Å². The molecule has 2 aromatic heterocycles. The summed E-state index contributed by atoms with van der Waals surface area (Å²) in [4.78, 5) is 28.2. The van der Waals surface area contributed by atoms with Gasteiger partial charge in [0.15, 0.2) is 0 Å². The van der Waals surface area contributed by atoms with Crippen molar-refractivity contribution < 1.29 is 14.7 Å². The molecule has 0 bridgehead atoms. The van der Waals surface area contributed by atoms with Crippen molar-refractivity contribution in [2.45, 2.75) is 13.8 Å². The second-order valence-corrected chi connectivity index (χ2v) is 6.15. The molecule has 0 saturated carbocycles. The summed E-state index contributed by atoms with van der Waals surface area (Å²) in [5, 5.41) is 12.2. The Bertz CT molecular complexity index is 697. The molecule has 20 heavy (non-hydrogen) atoms. The Hall–Kier alpha value is -1.73. The maximum atomic E-state index is 12.1. The highest BCUT2D eigenvalue weighted by Gasteiger charge is 2.20. The van der Waals surface area contributed by atoms with E-state index in [1.54, 1.807) is 19.1 Å². The molecule has 0 fully saturated rings. The first-order chi connectivity index (χ1) is 9.40. The zero-order valence-corrected chi connectivity index (χ0v) is 13.1. The lowest BCUT2D eigenvalue weighted by Crippen LogP contribution is -2.13. The van der Waals surface area contributed by atoms with Crippen molar-refractivity contribution in [3.05, 3.63) is 44.5 Å². The molecule has 0 aromatic carbocycles. The minimum absolute atomic E-state index is 0.147. The van der Waals surface area contributed by atoms with Gasteiger partial charge < -0.3 is 10.4 Å². The smallest absolute Gasteiger partial charge is 0.338 e. The van der Waals surface area contributed by atoms with Crippen molar-refractivity contribution in [3.8, 4) is 0 Å². The predicted octanol–water partition coefficient (Wildman–Crippen LogP) is 3.47. The normalized spacial score (nSPS) is 10.3. The van der Waals surface area contributed by atoms with E-state index in [-0.39, 0.29) is 11.5 Å². The fraction of sp³-hybridized carbons (Fsp3) is 0.154. The Balaban J connectivity index is 2.33. The molecule has 0 unspecified atom stereocenters. The average Bonchev–Trinajstić information content (AvgIpc) is 2.64. The van der Waals surface area contributed by atoms with Crippen molar-refractivity contribution in [2.75, 3.05) is 5.32 Å². The number of aryl methyl sites for hydroxylation is 1. The van der Waals surface area contributed by atoms with E-state index >= 15 is 0 Å². The molecular weight excluding hydrogens is 344 g/mol. The summed E-state index contributed by atoms with van der Waals surface area (Å²) in [7, 11) is 0. The largest absolute Gasteiger partial charge is 0.478 e. The summed E-state index contributed by atoms with van der Waals surface area (Å²) in [6.45, 7) is 3.55. The Morgan fingerprint density at radius 1 is 1.40 bits per heavy atom. The fourth-order valence-corrected chi connectivity index (χ4v) is 3.10. The summed E-state index contributed by atoms with van der Waals surface area (Å²) < 4.78 is 0.544. The maximum absolute atomic E-state index is 12.1. The highest BCUT2D eigenvalue weighted by molar-refractivity contribution is 9.10. The van der Waals surface area contributed by atoms with E-state index in [9.17, 15) is 14.7 Å². The molecule has 7 heteroatoms. The molecule has 2 aromatic rings. The molecule has 2 N–H and O–H groups in total. The molecule has 1 amide bonds. The number of anilines is 1. The number of carbonyl (C=O) groups is 2. The Kier molecular flexibility index (Phi) is 4.20. The van der Waals surface area contributed by atoms with Gasteiger partial charge >= 0.3 is 5.97 Å². The summed E-state index contributed by atoms with van der Waals surface area (Å²) in [6.07, 6.45) is 1.50. The molecule has 2 rings (SSSR count). The highest BCUT2D eigenvalue weighted by atomic mass is 79.9. The van der Waals surface area contributed by atoms with Crippen LogP contribution in [0.4, 0.5) is 5.00 Å². The number of halogens is 1. The van der Waals surface area contributed by atoms with Crippen LogP contribution in [0.15, 0.2) is 22.9 Å². The number of hydrogen-bond acceptors (Lipinski definition) is 4. The molecule has 0 saturated heterocycles. The molecule has 0 spiro atoms. The number of carbonyl (C=O) groups excluding carboxylic acids is 1. The minimum Gasteiger partial charge on any atom is -0.478 e. The van der Waals surface area contributed by atoms with E-state index in [0.717, 1.165) is 4.88 Å². The van der Waals surface area contributed by atoms with Crippen molar-refractivity contribution >= 4 is 44.1 Å². The third kappa shape index (κ3) is 2.88. The number of amides is 1. The van der Waals surface area contributed by atoms with Crippen LogP contribution in [0.25, 0.3) is 0 Å². The lowest BCUT2D eigenvalue weighted by molar-refractivity contribution is 0.0697. The van der Waals surface area contributed by atoms with E-state index in [2.05, 4.69) is 26.2 Å². The number of hydrogen-bond donors (Lipinski definition) is 2. The standard InChI is InChI=1S/C13H11BrN2O3S/c1-6-7(2)20-12(10(6)13(18)19)16-11(17)8-3-4-15-9(14)5-8/h3-5H,1-2H3,(H,16,17)(H,18,19). The lowest BCUT2D eigenvalue weighted by atomic mass is 10.1. The molecule has 5 nitrogen and oxygen atoms in total. The van der Waals surface area contributed by atoms with Crippen LogP contribution in [-0.2, 0) is 0 Å². The number of pyridine rings is 1. The number of aromatic carboxylic acids is 1. The van der Waals surface area contributed by atoms with Crippen molar-refractivity contribution in [3.63, 3.8) is 0 Å². The molecule has 0 atom stereocenters. The van der Waals surface area contributed by atoms with E-state index in [4.69, 9.17) is 0 Å². The Morgan fingerprint density at radius 2 is 2.10 bits per heavy atom. The van der Waals surface area contributed by atoms with Gasteiger partial charge in [0, 0.05) is 16.6 Å². The Labute approximate surface area is 127 Å². The fourth-order valence-electron chi connectivity index (χ4n) is 1.69. The number of rotatable bonds is 3. The lowest BCUT2D eigenvalue weighted by Gasteiger charge is -2.04. The summed E-state index contributed by atoms with van der Waals surface area (Å²) in [5.74, 6) is -1.41. The molecule has 104 valence electrons. The van der Waals surface area contributed by atoms with Gasteiger partial charge in [-0.1, -0.05) is 0 Å². The first-order valence-electron chi connectivity index (χ1n) is 5.66. The second kappa shape index (κ2) is 5.72. The van der Waals surface area contributed by atoms with Gasteiger partial charge in [-0.3, -0.25) is 4.79 Å². The monoisotopic (exact) mass is 354 g/mol. The Morgan fingerprint density at radius 3 is 2.70 bits per heavy atom. The van der Waals surface area contributed by atoms with Gasteiger partial charge in [-0.25, -0.2) is 9.78 Å². The quantitative estimate of drug-likeness (QED) is 0.827. The van der Waals surface area contributed by atoms with E-state index in [1.165, 1.54) is 17.5 Å². The molecule has 0 aliphatic carbocycles. The molecule has 2 heterocycles. The maximum Gasteiger partial charge on any atom is 0.338 e. The van der Waals surface area contributed by atoms with Crippen LogP contribution in [0.1, 0.15) is 31.2 Å². The van der Waals surface area contributed by atoms with Crippen LogP contribution >= 0.6 is 27.3 Å². The van der Waals surface area contributed by atoms with Crippen LogP contribution in [0.2, 0.25) is 0 Å². The van der Waals surface area contributed by atoms with Gasteiger partial charge in [0.25, 0.3) is 5.91 Å².